The first-order valence-corrected chi connectivity index (χ1v) is 5.30. The molecule has 0 saturated carbocycles. The van der Waals surface area contributed by atoms with E-state index in [0.717, 1.165) is 25.0 Å². The van der Waals surface area contributed by atoms with Gasteiger partial charge in [-0.05, 0) is 44.2 Å². The number of furan rings is 1. The summed E-state index contributed by atoms with van der Waals surface area (Å²) in [6, 6.07) is 2.00. The molecule has 2 heteroatoms. The molecule has 2 atom stereocenters. The summed E-state index contributed by atoms with van der Waals surface area (Å²) in [5, 5.41) is 9.16. The van der Waals surface area contributed by atoms with E-state index in [0.29, 0.717) is 5.92 Å². The molecule has 80 valence electrons. The summed E-state index contributed by atoms with van der Waals surface area (Å²) in [6.45, 7) is 6.11. The van der Waals surface area contributed by atoms with Crippen LogP contribution in [0.25, 0.3) is 0 Å². The highest BCUT2D eigenvalue weighted by molar-refractivity contribution is 5.14. The normalized spacial score (nSPS) is 15.4. The van der Waals surface area contributed by atoms with Gasteiger partial charge in [-0.2, -0.15) is 0 Å². The molecule has 2 nitrogen and oxygen atoms in total. The van der Waals surface area contributed by atoms with E-state index in [9.17, 15) is 0 Å². The maximum atomic E-state index is 9.16. The molecule has 0 radical (unpaired) electrons. The van der Waals surface area contributed by atoms with Gasteiger partial charge in [0.05, 0.1) is 12.4 Å². The van der Waals surface area contributed by atoms with Crippen LogP contribution in [0.4, 0.5) is 0 Å². The maximum Gasteiger partial charge on any atom is 0.106 e. The third-order valence-corrected chi connectivity index (χ3v) is 2.58. The van der Waals surface area contributed by atoms with Gasteiger partial charge in [-0.3, -0.25) is 0 Å². The Morgan fingerprint density at radius 1 is 1.36 bits per heavy atom. The molecule has 1 rings (SSSR count). The minimum Gasteiger partial charge on any atom is -0.469 e. The smallest absolute Gasteiger partial charge is 0.106 e. The summed E-state index contributed by atoms with van der Waals surface area (Å²) in [6.07, 6.45) is 4.46. The van der Waals surface area contributed by atoms with E-state index in [2.05, 4.69) is 13.8 Å². The Balaban J connectivity index is 2.34. The van der Waals surface area contributed by atoms with Crippen LogP contribution < -0.4 is 0 Å². The first-order chi connectivity index (χ1) is 6.59. The Kier molecular flexibility index (Phi) is 4.21. The lowest BCUT2D eigenvalue weighted by atomic mass is 9.97. The predicted octanol–water partition coefficient (Wildman–Crippen LogP) is 2.93. The van der Waals surface area contributed by atoms with Crippen LogP contribution in [0.1, 0.15) is 38.0 Å². The standard InChI is InChI=1S/C12H20O2/c1-9(4-5-11(3)13)8-12-10(2)6-7-14-12/h6-7,9,11,13H,4-5,8H2,1-3H3. The fourth-order valence-corrected chi connectivity index (χ4v) is 1.56. The summed E-state index contributed by atoms with van der Waals surface area (Å²) in [5.41, 5.74) is 1.23. The fourth-order valence-electron chi connectivity index (χ4n) is 1.56. The molecule has 0 fully saturated rings. The van der Waals surface area contributed by atoms with Crippen molar-refractivity contribution >= 4 is 0 Å². The van der Waals surface area contributed by atoms with Crippen molar-refractivity contribution < 1.29 is 9.52 Å². The van der Waals surface area contributed by atoms with Gasteiger partial charge in [0.25, 0.3) is 0 Å². The molecule has 0 aromatic carbocycles. The SMILES string of the molecule is Cc1ccoc1CC(C)CCC(C)O. The summed E-state index contributed by atoms with van der Waals surface area (Å²) in [7, 11) is 0. The topological polar surface area (TPSA) is 33.4 Å². The highest BCUT2D eigenvalue weighted by Crippen LogP contribution is 2.18. The third kappa shape index (κ3) is 3.54. The van der Waals surface area contributed by atoms with Crippen LogP contribution in [0.15, 0.2) is 16.7 Å². The Hall–Kier alpha value is -0.760. The molecule has 0 amide bonds. The molecule has 0 bridgehead atoms. The Bertz CT molecular complexity index is 263. The van der Waals surface area contributed by atoms with E-state index in [1.54, 1.807) is 6.26 Å². The van der Waals surface area contributed by atoms with Crippen molar-refractivity contribution in [2.24, 2.45) is 5.92 Å². The minimum absolute atomic E-state index is 0.185. The van der Waals surface area contributed by atoms with Gasteiger partial charge in [-0.15, -0.1) is 0 Å². The van der Waals surface area contributed by atoms with Gasteiger partial charge < -0.3 is 9.52 Å². The summed E-state index contributed by atoms with van der Waals surface area (Å²) in [5.74, 6) is 1.66. The highest BCUT2D eigenvalue weighted by Gasteiger charge is 2.09. The molecule has 0 aliphatic rings. The zero-order chi connectivity index (χ0) is 10.6. The van der Waals surface area contributed by atoms with Gasteiger partial charge in [0.15, 0.2) is 0 Å². The van der Waals surface area contributed by atoms with Gasteiger partial charge in [0.2, 0.25) is 0 Å². The maximum absolute atomic E-state index is 9.16. The number of aliphatic hydroxyl groups is 1. The van der Waals surface area contributed by atoms with Crippen LogP contribution in [0.3, 0.4) is 0 Å². The van der Waals surface area contributed by atoms with E-state index in [-0.39, 0.29) is 6.10 Å². The van der Waals surface area contributed by atoms with Gasteiger partial charge in [0.1, 0.15) is 5.76 Å². The zero-order valence-corrected chi connectivity index (χ0v) is 9.29. The lowest BCUT2D eigenvalue weighted by Crippen LogP contribution is -2.06. The molecule has 1 aromatic rings. The largest absolute Gasteiger partial charge is 0.469 e. The predicted molar refractivity (Wildman–Crippen MR) is 57.2 cm³/mol. The summed E-state index contributed by atoms with van der Waals surface area (Å²) < 4.78 is 5.38. The summed E-state index contributed by atoms with van der Waals surface area (Å²) in [4.78, 5) is 0. The van der Waals surface area contributed by atoms with Crippen molar-refractivity contribution in [2.75, 3.05) is 0 Å². The van der Waals surface area contributed by atoms with Crippen molar-refractivity contribution in [1.29, 1.82) is 0 Å². The molecule has 0 aliphatic carbocycles. The van der Waals surface area contributed by atoms with E-state index < -0.39 is 0 Å². The van der Waals surface area contributed by atoms with Crippen LogP contribution in [-0.2, 0) is 6.42 Å². The van der Waals surface area contributed by atoms with Crippen LogP contribution in [-0.4, -0.2) is 11.2 Å². The van der Waals surface area contributed by atoms with E-state index in [4.69, 9.17) is 9.52 Å². The molecular formula is C12H20O2. The molecule has 1 aromatic heterocycles. The van der Waals surface area contributed by atoms with Gasteiger partial charge in [0, 0.05) is 6.42 Å². The van der Waals surface area contributed by atoms with Gasteiger partial charge in [-0.25, -0.2) is 0 Å². The van der Waals surface area contributed by atoms with Crippen molar-refractivity contribution in [3.05, 3.63) is 23.7 Å². The Morgan fingerprint density at radius 3 is 2.57 bits per heavy atom. The van der Waals surface area contributed by atoms with Crippen molar-refractivity contribution in [3.63, 3.8) is 0 Å². The van der Waals surface area contributed by atoms with Crippen LogP contribution in [0.2, 0.25) is 0 Å². The molecule has 2 unspecified atom stereocenters. The first-order valence-electron chi connectivity index (χ1n) is 5.30. The van der Waals surface area contributed by atoms with Gasteiger partial charge in [-0.1, -0.05) is 6.92 Å². The number of rotatable bonds is 5. The zero-order valence-electron chi connectivity index (χ0n) is 9.29. The second-order valence-electron chi connectivity index (χ2n) is 4.26. The van der Waals surface area contributed by atoms with Crippen molar-refractivity contribution in [3.8, 4) is 0 Å². The Labute approximate surface area is 85.9 Å². The second-order valence-corrected chi connectivity index (χ2v) is 4.26. The molecule has 14 heavy (non-hydrogen) atoms. The fraction of sp³-hybridized carbons (Fsp3) is 0.667. The second kappa shape index (κ2) is 5.20. The molecule has 1 heterocycles. The number of hydrogen-bond donors (Lipinski definition) is 1. The number of aliphatic hydroxyl groups excluding tert-OH is 1. The molecule has 0 saturated heterocycles. The number of hydrogen-bond acceptors (Lipinski definition) is 2. The lowest BCUT2D eigenvalue weighted by molar-refractivity contribution is 0.174. The molecule has 1 N–H and O–H groups in total. The third-order valence-electron chi connectivity index (χ3n) is 2.58. The van der Waals surface area contributed by atoms with Crippen LogP contribution >= 0.6 is 0 Å². The highest BCUT2D eigenvalue weighted by atomic mass is 16.3. The average Bonchev–Trinajstić information content (AvgIpc) is 2.49. The monoisotopic (exact) mass is 196 g/mol. The number of aryl methyl sites for hydroxylation is 1. The van der Waals surface area contributed by atoms with Crippen molar-refractivity contribution in [1.82, 2.24) is 0 Å². The average molecular weight is 196 g/mol. The molecule has 0 spiro atoms. The van der Waals surface area contributed by atoms with E-state index >= 15 is 0 Å². The Morgan fingerprint density at radius 2 is 2.07 bits per heavy atom. The van der Waals surface area contributed by atoms with Crippen LogP contribution in [0.5, 0.6) is 0 Å². The van der Waals surface area contributed by atoms with Crippen LogP contribution in [0, 0.1) is 12.8 Å². The van der Waals surface area contributed by atoms with Gasteiger partial charge >= 0.3 is 0 Å². The molecule has 0 aliphatic heterocycles. The molecular weight excluding hydrogens is 176 g/mol. The summed E-state index contributed by atoms with van der Waals surface area (Å²) >= 11 is 0. The quantitative estimate of drug-likeness (QED) is 0.785. The van der Waals surface area contributed by atoms with E-state index in [1.807, 2.05) is 13.0 Å². The van der Waals surface area contributed by atoms with Crippen molar-refractivity contribution in [2.45, 2.75) is 46.1 Å². The van der Waals surface area contributed by atoms with E-state index in [1.165, 1.54) is 5.56 Å². The lowest BCUT2D eigenvalue weighted by Gasteiger charge is -2.11. The minimum atomic E-state index is -0.185. The first kappa shape index (κ1) is 11.3.